The van der Waals surface area contributed by atoms with Crippen LogP contribution in [0.3, 0.4) is 0 Å². The zero-order valence-electron chi connectivity index (χ0n) is 56.5. The fourth-order valence-electron chi connectivity index (χ4n) is 15.3. The number of benzene rings is 15. The summed E-state index contributed by atoms with van der Waals surface area (Å²) < 4.78 is 4.80. The van der Waals surface area contributed by atoms with E-state index in [4.69, 9.17) is 0 Å². The van der Waals surface area contributed by atoms with Gasteiger partial charge in [-0.1, -0.05) is 223 Å². The van der Waals surface area contributed by atoms with E-state index in [1.165, 1.54) is 86.7 Å². The molecule has 100 heavy (non-hydrogen) atoms. The van der Waals surface area contributed by atoms with Crippen LogP contribution in [0.4, 0.5) is 51.2 Å². The molecule has 0 amide bonds. The Balaban J connectivity index is 0.725. The van der Waals surface area contributed by atoms with E-state index in [9.17, 15) is 0 Å². The zero-order chi connectivity index (χ0) is 67.3. The van der Waals surface area contributed by atoms with Gasteiger partial charge in [-0.3, -0.25) is 0 Å². The number of hydrogen-bond acceptors (Lipinski definition) is 3. The number of para-hydroxylation sites is 4. The molecule has 0 radical (unpaired) electrons. The van der Waals surface area contributed by atoms with Crippen molar-refractivity contribution < 1.29 is 0 Å². The molecule has 2 heterocycles. The summed E-state index contributed by atoms with van der Waals surface area (Å²) in [5, 5.41) is 10.2. The average Bonchev–Trinajstić information content (AvgIpc) is 0.799. The highest BCUT2D eigenvalue weighted by atomic mass is 28.3. The van der Waals surface area contributed by atoms with Crippen LogP contribution in [0.2, 0.25) is 0 Å². The topological polar surface area (TPSA) is 19.6 Å². The Bertz CT molecular complexity index is 5630. The Morgan fingerprint density at radius 3 is 0.910 bits per heavy atom. The third-order valence-corrected chi connectivity index (χ3v) is 25.0. The van der Waals surface area contributed by atoms with Crippen LogP contribution < -0.4 is 35.4 Å². The average molecular weight is 1300 g/mol. The highest BCUT2D eigenvalue weighted by molar-refractivity contribution is 7.19. The maximum Gasteiger partial charge on any atom is 0.179 e. The molecule has 0 fully saturated rings. The fourth-order valence-corrected chi connectivity index (χ4v) is 20.0. The van der Waals surface area contributed by atoms with Crippen LogP contribution >= 0.6 is 0 Å². The summed E-state index contributed by atoms with van der Waals surface area (Å²) in [7, 11) is -2.97. The molecule has 0 aliphatic carbocycles. The summed E-state index contributed by atoms with van der Waals surface area (Å²) in [6, 6.07) is 137. The van der Waals surface area contributed by atoms with E-state index in [1.807, 2.05) is 0 Å². The van der Waals surface area contributed by atoms with Crippen molar-refractivity contribution in [3.63, 3.8) is 0 Å². The monoisotopic (exact) mass is 1300 g/mol. The normalized spacial score (nSPS) is 11.6. The number of hydrogen-bond donors (Lipinski definition) is 0. The lowest BCUT2D eigenvalue weighted by Gasteiger charge is -2.35. The first-order valence-electron chi connectivity index (χ1n) is 34.5. The number of anilines is 9. The van der Waals surface area contributed by atoms with Gasteiger partial charge < -0.3 is 23.8 Å². The first kappa shape index (κ1) is 61.1. The van der Waals surface area contributed by atoms with E-state index in [-0.39, 0.29) is 0 Å². The van der Waals surface area contributed by atoms with Crippen molar-refractivity contribution in [2.45, 2.75) is 27.7 Å². The number of fused-ring (bicyclic) bond motifs is 6. The zero-order valence-corrected chi connectivity index (χ0v) is 57.5. The molecule has 0 saturated heterocycles. The number of aromatic nitrogens is 2. The lowest BCUT2D eigenvalue weighted by Crippen LogP contribution is -2.74. The SMILES string of the molecule is Cc1ccc(N(c2ccc(C)cc2)c2ccc([Si](c3ccccc3)(c3ccccc3)c3ccc(N(c4ccc(C)cc4)c4ccc(C)c(-c5ccc6c(c5)c5ccccc5n6-c5ccc(N(c6ccccc6)c6ccc(-n7c8ccccc8c8ccccc87)cc6)cc5)c4)cc3)cc2)cc1. The van der Waals surface area contributed by atoms with E-state index in [1.54, 1.807) is 0 Å². The first-order chi connectivity index (χ1) is 49.2. The third-order valence-electron chi connectivity index (χ3n) is 20.2. The minimum absolute atomic E-state index is 1.07. The van der Waals surface area contributed by atoms with E-state index in [0.29, 0.717) is 0 Å². The standard InChI is InChI=1S/C94H73N5Si/c1-66-32-40-72(41-33-66)96(73-42-34-67(2)35-43-73)77-55-59-84(60-56-77)100(82-22-10-6-11-23-82,83-24-12-7-13-25-83)85-61-57-78(58-62-85)97(74-44-36-68(3)37-45-74)81-46-38-69(4)89(65-81)70-39-63-94-90(64-70)88-28-16-19-31-93(88)99(94)80-53-49-76(50-54-80)95(71-20-8-5-9-21-71)75-47-51-79(52-48-75)98-91-29-17-14-26-86(91)87-27-15-18-30-92(87)98/h5-65H,1-4H3. The van der Waals surface area contributed by atoms with Gasteiger partial charge in [0.05, 0.1) is 22.1 Å². The second-order valence-corrected chi connectivity index (χ2v) is 30.2. The highest BCUT2D eigenvalue weighted by Crippen LogP contribution is 2.43. The van der Waals surface area contributed by atoms with Crippen LogP contribution in [0.5, 0.6) is 0 Å². The van der Waals surface area contributed by atoms with Gasteiger partial charge in [0.25, 0.3) is 0 Å². The molecular weight excluding hydrogens is 1230 g/mol. The van der Waals surface area contributed by atoms with Crippen molar-refractivity contribution in [3.8, 4) is 22.5 Å². The summed E-state index contributed by atoms with van der Waals surface area (Å²) in [4.78, 5) is 7.14. The van der Waals surface area contributed by atoms with Crippen LogP contribution in [0.1, 0.15) is 22.3 Å². The first-order valence-corrected chi connectivity index (χ1v) is 36.5. The number of nitrogens with zero attached hydrogens (tertiary/aromatic N) is 5. The molecule has 0 atom stereocenters. The predicted molar refractivity (Wildman–Crippen MR) is 427 cm³/mol. The molecule has 0 saturated carbocycles. The van der Waals surface area contributed by atoms with Gasteiger partial charge in [-0.25, -0.2) is 0 Å². The van der Waals surface area contributed by atoms with Crippen LogP contribution in [-0.2, 0) is 0 Å². The maximum absolute atomic E-state index is 2.97. The molecule has 6 heteroatoms. The summed E-state index contributed by atoms with van der Waals surface area (Å²) in [6.07, 6.45) is 0. The van der Waals surface area contributed by atoms with Gasteiger partial charge in [0, 0.05) is 84.1 Å². The summed E-state index contributed by atoms with van der Waals surface area (Å²) in [5.41, 5.74) is 24.0. The molecule has 0 bridgehead atoms. The number of rotatable bonds is 16. The largest absolute Gasteiger partial charge is 0.311 e. The molecule has 0 N–H and O–H groups in total. The summed E-state index contributed by atoms with van der Waals surface area (Å²) in [5.74, 6) is 0. The van der Waals surface area contributed by atoms with Crippen LogP contribution in [-0.4, -0.2) is 17.2 Å². The van der Waals surface area contributed by atoms with Crippen molar-refractivity contribution in [3.05, 3.63) is 392 Å². The molecule has 5 nitrogen and oxygen atoms in total. The predicted octanol–water partition coefficient (Wildman–Crippen LogP) is 22.6. The van der Waals surface area contributed by atoms with E-state index >= 15 is 0 Å². The Morgan fingerprint density at radius 2 is 0.510 bits per heavy atom. The Kier molecular flexibility index (Phi) is 15.8. The van der Waals surface area contributed by atoms with Crippen molar-refractivity contribution >= 4 is 124 Å². The Hall–Kier alpha value is -12.5. The molecule has 0 unspecified atom stereocenters. The molecule has 0 aliphatic rings. The van der Waals surface area contributed by atoms with Gasteiger partial charge in [-0.05, 0) is 229 Å². The van der Waals surface area contributed by atoms with Gasteiger partial charge in [0.2, 0.25) is 0 Å². The smallest absolute Gasteiger partial charge is 0.179 e. The van der Waals surface area contributed by atoms with Crippen LogP contribution in [0, 0.1) is 27.7 Å². The highest BCUT2D eigenvalue weighted by Gasteiger charge is 2.42. The molecule has 15 aromatic carbocycles. The van der Waals surface area contributed by atoms with Crippen LogP contribution in [0.25, 0.3) is 66.1 Å². The minimum Gasteiger partial charge on any atom is -0.311 e. The second kappa shape index (κ2) is 25.8. The van der Waals surface area contributed by atoms with Crippen molar-refractivity contribution in [1.82, 2.24) is 9.13 Å². The quantitative estimate of drug-likeness (QED) is 0.0710. The second-order valence-electron chi connectivity index (χ2n) is 26.4. The summed E-state index contributed by atoms with van der Waals surface area (Å²) in [6.45, 7) is 8.70. The lowest BCUT2D eigenvalue weighted by molar-refractivity contribution is 1.17. The third kappa shape index (κ3) is 10.9. The number of aryl methyl sites for hydroxylation is 4. The van der Waals surface area contributed by atoms with Gasteiger partial charge in [0.15, 0.2) is 8.07 Å². The van der Waals surface area contributed by atoms with Gasteiger partial charge in [-0.2, -0.15) is 0 Å². The molecule has 17 rings (SSSR count). The van der Waals surface area contributed by atoms with Gasteiger partial charge in [-0.15, -0.1) is 0 Å². The van der Waals surface area contributed by atoms with Crippen molar-refractivity contribution in [2.75, 3.05) is 14.7 Å². The molecule has 0 aliphatic heterocycles. The maximum atomic E-state index is 2.43. The van der Waals surface area contributed by atoms with E-state index < -0.39 is 8.07 Å². The Morgan fingerprint density at radius 1 is 0.220 bits per heavy atom. The van der Waals surface area contributed by atoms with E-state index in [0.717, 1.165) is 73.6 Å². The summed E-state index contributed by atoms with van der Waals surface area (Å²) >= 11 is 0. The molecule has 17 aromatic rings. The van der Waals surface area contributed by atoms with Gasteiger partial charge >= 0.3 is 0 Å². The minimum atomic E-state index is -2.97. The lowest BCUT2D eigenvalue weighted by atomic mass is 9.97. The van der Waals surface area contributed by atoms with E-state index in [2.05, 4.69) is 422 Å². The molecular formula is C94H73N5Si. The molecule has 2 aromatic heterocycles. The fraction of sp³-hybridized carbons (Fsp3) is 0.0426. The van der Waals surface area contributed by atoms with Crippen LogP contribution in [0.15, 0.2) is 370 Å². The van der Waals surface area contributed by atoms with Crippen molar-refractivity contribution in [2.24, 2.45) is 0 Å². The molecule has 478 valence electrons. The Labute approximate surface area is 586 Å². The van der Waals surface area contributed by atoms with Gasteiger partial charge in [0.1, 0.15) is 0 Å². The van der Waals surface area contributed by atoms with Crippen molar-refractivity contribution in [1.29, 1.82) is 0 Å². The molecule has 0 spiro atoms.